The van der Waals surface area contributed by atoms with Gasteiger partial charge < -0.3 is 10.4 Å². The Morgan fingerprint density at radius 2 is 1.83 bits per heavy atom. The number of nitrogens with zero attached hydrogens (tertiary/aromatic N) is 1. The van der Waals surface area contributed by atoms with Crippen LogP contribution in [0.4, 0.5) is 0 Å². The van der Waals surface area contributed by atoms with Crippen LogP contribution < -0.4 is 0 Å². The second-order valence-corrected chi connectivity index (χ2v) is 4.05. The zero-order valence-electron chi connectivity index (χ0n) is 7.94. The van der Waals surface area contributed by atoms with E-state index in [2.05, 4.69) is 19.2 Å². The number of piperidine rings is 1. The molecule has 0 aromatic rings. The summed E-state index contributed by atoms with van der Waals surface area (Å²) < 4.78 is 0. The van der Waals surface area contributed by atoms with Gasteiger partial charge in [0, 0.05) is 39.7 Å². The van der Waals surface area contributed by atoms with Crippen LogP contribution in [0.25, 0.3) is 5.32 Å². The van der Waals surface area contributed by atoms with Gasteiger partial charge >= 0.3 is 0 Å². The molecule has 1 heterocycles. The van der Waals surface area contributed by atoms with Gasteiger partial charge in [0.2, 0.25) is 0 Å². The topological polar surface area (TPSA) is 37.0 Å². The zero-order valence-corrected chi connectivity index (χ0v) is 10.7. The molecule has 0 aromatic carbocycles. The molecule has 0 amide bonds. The third-order valence-corrected chi connectivity index (χ3v) is 2.30. The summed E-state index contributed by atoms with van der Waals surface area (Å²) in [6.45, 7) is 6.22. The summed E-state index contributed by atoms with van der Waals surface area (Å²) in [5.41, 5.74) is -0.143. The molecule has 0 unspecified atom stereocenters. The smallest absolute Gasteiger partial charge is 0.160 e. The molecule has 0 bridgehead atoms. The summed E-state index contributed by atoms with van der Waals surface area (Å²) in [7, 11) is 0. The predicted octanol–water partition coefficient (Wildman–Crippen LogP) is 1.66. The number of hydrogen-bond acceptors (Lipinski definition) is 0. The van der Waals surface area contributed by atoms with E-state index in [0.717, 1.165) is 32.4 Å². The molecule has 3 heteroatoms. The van der Waals surface area contributed by atoms with E-state index >= 15 is 0 Å². The first-order valence-corrected chi connectivity index (χ1v) is 4.51. The van der Waals surface area contributed by atoms with E-state index in [-0.39, 0.29) is 26.0 Å². The predicted molar refractivity (Wildman–Crippen MR) is 48.1 cm³/mol. The molecule has 0 aromatic heterocycles. The molecular weight excluding hydrogens is 324 g/mol. The summed E-state index contributed by atoms with van der Waals surface area (Å²) in [6, 6.07) is 0. The first kappa shape index (κ1) is 12.6. The Morgan fingerprint density at radius 3 is 2.25 bits per heavy atom. The van der Waals surface area contributed by atoms with Gasteiger partial charge in [0.1, 0.15) is 0 Å². The summed E-state index contributed by atoms with van der Waals surface area (Å²) in [5, 5.41) is 12.4. The second kappa shape index (κ2) is 5.34. The van der Waals surface area contributed by atoms with Crippen molar-refractivity contribution < 1.29 is 25.5 Å². The van der Waals surface area contributed by atoms with Crippen LogP contribution in [0, 0.1) is 5.92 Å². The Balaban J connectivity index is 0.00000121. The largest absolute Gasteiger partial charge is 0.662 e. The molecule has 2 N–H and O–H groups in total. The Labute approximate surface area is 88.8 Å². The average molecular weight is 343 g/mol. The molecule has 73 valence electrons. The van der Waals surface area contributed by atoms with Crippen LogP contribution in [-0.4, -0.2) is 23.8 Å². The fraction of sp³-hybridized carbons (Fsp3) is 1.00. The third kappa shape index (κ3) is 4.00. The quantitative estimate of drug-likeness (QED) is 0.684. The molecule has 0 aliphatic carbocycles. The Kier molecular flexibility index (Phi) is 5.60. The average Bonchev–Trinajstić information content (AvgIpc) is 1.85. The molecule has 1 saturated heterocycles. The maximum absolute atomic E-state index is 8.09. The minimum atomic E-state index is -0.143. The fourth-order valence-electron chi connectivity index (χ4n) is 1.81. The van der Waals surface area contributed by atoms with E-state index in [9.17, 15) is 0 Å². The monoisotopic (exact) mass is 344 g/mol. The number of hydrogen-bond donors (Lipinski definition) is 0. The molecule has 0 saturated carbocycles. The molecule has 1 fully saturated rings. The molecule has 2 nitrogen and oxygen atoms in total. The van der Waals surface area contributed by atoms with E-state index in [0.29, 0.717) is 5.92 Å². The molecule has 1 radical (unpaired) electrons. The maximum atomic E-state index is 8.09. The van der Waals surface area contributed by atoms with Crippen molar-refractivity contribution in [1.29, 1.82) is 0 Å². The minimum Gasteiger partial charge on any atom is -0.662 e. The van der Waals surface area contributed by atoms with Crippen molar-refractivity contribution in [3.63, 3.8) is 0 Å². The molecule has 12 heavy (non-hydrogen) atoms. The van der Waals surface area contributed by atoms with Crippen LogP contribution in [0.5, 0.6) is 0 Å². The van der Waals surface area contributed by atoms with Crippen molar-refractivity contribution >= 4 is 0 Å². The van der Waals surface area contributed by atoms with Crippen LogP contribution in [-0.2, 0) is 20.4 Å². The summed E-state index contributed by atoms with van der Waals surface area (Å²) in [4.78, 5) is 0. The minimum absolute atomic E-state index is 0. The summed E-state index contributed by atoms with van der Waals surface area (Å²) in [5.74, 6) is 0.658. The summed E-state index contributed by atoms with van der Waals surface area (Å²) in [6.07, 6.45) is 3.00. The maximum Gasteiger partial charge on any atom is 0.160 e. The molecule has 0 spiro atoms. The van der Waals surface area contributed by atoms with E-state index in [1.807, 2.05) is 0 Å². The van der Waals surface area contributed by atoms with Gasteiger partial charge in [-0.1, -0.05) is 13.8 Å². The third-order valence-electron chi connectivity index (χ3n) is 2.30. The van der Waals surface area contributed by atoms with E-state index in [4.69, 9.17) is 5.11 Å². The SMILES string of the molecule is CC(C)CC1([OH2+])CC[N-]CC1.[Re]. The molecule has 0 atom stereocenters. The van der Waals surface area contributed by atoms with Crippen molar-refractivity contribution in [3.8, 4) is 0 Å². The van der Waals surface area contributed by atoms with Gasteiger partial charge in [-0.05, 0) is 5.92 Å². The van der Waals surface area contributed by atoms with Gasteiger partial charge in [0.15, 0.2) is 5.60 Å². The molecule has 1 rings (SSSR count). The molecular formula is C9H19NORe. The first-order chi connectivity index (χ1) is 5.12. The van der Waals surface area contributed by atoms with Crippen molar-refractivity contribution in [1.82, 2.24) is 0 Å². The Hall–Kier alpha value is 0.582. The van der Waals surface area contributed by atoms with Crippen molar-refractivity contribution in [2.45, 2.75) is 38.7 Å². The van der Waals surface area contributed by atoms with Gasteiger partial charge in [-0.15, -0.1) is 13.1 Å². The fourth-order valence-corrected chi connectivity index (χ4v) is 1.81. The van der Waals surface area contributed by atoms with E-state index in [1.165, 1.54) is 0 Å². The normalized spacial score (nSPS) is 22.0. The van der Waals surface area contributed by atoms with Gasteiger partial charge in [0.25, 0.3) is 0 Å². The Morgan fingerprint density at radius 1 is 1.33 bits per heavy atom. The van der Waals surface area contributed by atoms with Crippen LogP contribution in [0.1, 0.15) is 33.1 Å². The van der Waals surface area contributed by atoms with Crippen molar-refractivity contribution in [3.05, 3.63) is 5.32 Å². The number of rotatable bonds is 2. The standard InChI is InChI=1S/C9H18NO.Re/c1-8(2)7-9(11)3-5-10-6-4-9;/h8,11H,3-7H2,1-2H3;/q-1;/p+1. The Bertz CT molecular complexity index is 122. The summed E-state index contributed by atoms with van der Waals surface area (Å²) >= 11 is 0. The first-order valence-electron chi connectivity index (χ1n) is 4.51. The zero-order chi connectivity index (χ0) is 8.32. The van der Waals surface area contributed by atoms with Gasteiger partial charge in [-0.2, -0.15) is 0 Å². The van der Waals surface area contributed by atoms with Gasteiger partial charge in [-0.3, -0.25) is 0 Å². The second-order valence-electron chi connectivity index (χ2n) is 4.05. The van der Waals surface area contributed by atoms with Crippen LogP contribution in [0.15, 0.2) is 0 Å². The molecule has 1 aliphatic rings. The van der Waals surface area contributed by atoms with Crippen LogP contribution >= 0.6 is 0 Å². The van der Waals surface area contributed by atoms with E-state index < -0.39 is 0 Å². The van der Waals surface area contributed by atoms with Crippen LogP contribution in [0.3, 0.4) is 0 Å². The van der Waals surface area contributed by atoms with Gasteiger partial charge in [0.05, 0.1) is 0 Å². The van der Waals surface area contributed by atoms with Crippen molar-refractivity contribution in [2.24, 2.45) is 5.92 Å². The van der Waals surface area contributed by atoms with Gasteiger partial charge in [-0.25, -0.2) is 0 Å². The molecule has 1 aliphatic heterocycles. The van der Waals surface area contributed by atoms with Crippen LogP contribution in [0.2, 0.25) is 0 Å². The van der Waals surface area contributed by atoms with E-state index in [1.54, 1.807) is 0 Å². The van der Waals surface area contributed by atoms with Crippen molar-refractivity contribution in [2.75, 3.05) is 13.1 Å².